The van der Waals surface area contributed by atoms with Gasteiger partial charge in [0.2, 0.25) is 0 Å². The number of carboxylic acids is 1. The van der Waals surface area contributed by atoms with Crippen molar-refractivity contribution in [3.05, 3.63) is 64.1 Å². The summed E-state index contributed by atoms with van der Waals surface area (Å²) in [5.74, 6) is -1.19. The molecule has 1 N–H and O–H groups in total. The minimum absolute atomic E-state index is 0.140. The number of hydrazone groups is 1. The number of nitrogens with one attached hydrogen (secondary N) is 1. The third kappa shape index (κ3) is 3.93. The molecule has 0 aliphatic heterocycles. The third-order valence-corrected chi connectivity index (χ3v) is 2.87. The van der Waals surface area contributed by atoms with Crippen LogP contribution < -0.4 is 10.5 Å². The highest BCUT2D eigenvalue weighted by Crippen LogP contribution is 2.11. The number of halogens is 1. The largest absolute Gasteiger partial charge is 0.545 e. The van der Waals surface area contributed by atoms with Crippen molar-refractivity contribution in [2.75, 3.05) is 5.43 Å². The molecule has 0 fully saturated rings. The van der Waals surface area contributed by atoms with Crippen LogP contribution in [0.3, 0.4) is 0 Å². The minimum atomic E-state index is -1.19. The van der Waals surface area contributed by atoms with E-state index in [9.17, 15) is 9.90 Å². The lowest BCUT2D eigenvalue weighted by atomic mass is 10.2. The standard InChI is InChI=1S/C14H11BrN2O2/c15-12-3-1-2-10(8-12)9-16-17-13-6-4-11(5-7-13)14(18)19/h1-9,17H,(H,18,19)/p-1/b16-9-. The third-order valence-electron chi connectivity index (χ3n) is 2.38. The van der Waals surface area contributed by atoms with E-state index in [-0.39, 0.29) is 5.56 Å². The average molecular weight is 318 g/mol. The van der Waals surface area contributed by atoms with Crippen LogP contribution in [0.1, 0.15) is 15.9 Å². The summed E-state index contributed by atoms with van der Waals surface area (Å²) in [7, 11) is 0. The van der Waals surface area contributed by atoms with Gasteiger partial charge in [0, 0.05) is 4.47 Å². The van der Waals surface area contributed by atoms with Crippen molar-refractivity contribution in [1.29, 1.82) is 0 Å². The number of benzene rings is 2. The highest BCUT2D eigenvalue weighted by molar-refractivity contribution is 9.10. The van der Waals surface area contributed by atoms with Crippen LogP contribution in [0.2, 0.25) is 0 Å². The van der Waals surface area contributed by atoms with Crippen LogP contribution >= 0.6 is 15.9 Å². The van der Waals surface area contributed by atoms with Gasteiger partial charge in [-0.1, -0.05) is 40.2 Å². The molecule has 19 heavy (non-hydrogen) atoms. The number of hydrogen-bond donors (Lipinski definition) is 1. The SMILES string of the molecule is O=C([O-])c1ccc(N/N=C\c2cccc(Br)c2)cc1. The van der Waals surface area contributed by atoms with E-state index in [2.05, 4.69) is 26.5 Å². The van der Waals surface area contributed by atoms with E-state index in [1.165, 1.54) is 12.1 Å². The van der Waals surface area contributed by atoms with Gasteiger partial charge in [0.25, 0.3) is 0 Å². The predicted molar refractivity (Wildman–Crippen MR) is 76.1 cm³/mol. The summed E-state index contributed by atoms with van der Waals surface area (Å²) in [6.45, 7) is 0. The normalized spacial score (nSPS) is 10.6. The van der Waals surface area contributed by atoms with Crippen molar-refractivity contribution in [2.45, 2.75) is 0 Å². The number of hydrogen-bond acceptors (Lipinski definition) is 4. The Hall–Kier alpha value is -2.14. The Bertz CT molecular complexity index is 609. The summed E-state index contributed by atoms with van der Waals surface area (Å²) in [6.07, 6.45) is 1.68. The highest BCUT2D eigenvalue weighted by Gasteiger charge is 1.94. The van der Waals surface area contributed by atoms with Gasteiger partial charge in [0.15, 0.2) is 0 Å². The lowest BCUT2D eigenvalue weighted by molar-refractivity contribution is -0.255. The van der Waals surface area contributed by atoms with Crippen LogP contribution in [0.15, 0.2) is 58.1 Å². The Kier molecular flexibility index (Phi) is 4.30. The molecule has 0 saturated carbocycles. The Morgan fingerprint density at radius 1 is 1.21 bits per heavy atom. The first-order valence-corrected chi connectivity index (χ1v) is 6.30. The van der Waals surface area contributed by atoms with Gasteiger partial charge in [-0.05, 0) is 35.4 Å². The summed E-state index contributed by atoms with van der Waals surface area (Å²) in [5, 5.41) is 14.6. The molecule has 0 aromatic heterocycles. The van der Waals surface area contributed by atoms with E-state index in [0.717, 1.165) is 10.0 Å². The molecular formula is C14H10BrN2O2-. The Morgan fingerprint density at radius 3 is 2.58 bits per heavy atom. The predicted octanol–water partition coefficient (Wildman–Crippen LogP) is 2.26. The molecular weight excluding hydrogens is 308 g/mol. The van der Waals surface area contributed by atoms with Crippen molar-refractivity contribution in [2.24, 2.45) is 5.10 Å². The van der Waals surface area contributed by atoms with Crippen molar-refractivity contribution in [3.63, 3.8) is 0 Å². The maximum Gasteiger partial charge on any atom is 0.0715 e. The zero-order valence-electron chi connectivity index (χ0n) is 9.84. The van der Waals surface area contributed by atoms with Crippen molar-refractivity contribution in [3.8, 4) is 0 Å². The van der Waals surface area contributed by atoms with E-state index in [1.54, 1.807) is 18.3 Å². The lowest BCUT2D eigenvalue weighted by Crippen LogP contribution is -2.21. The van der Waals surface area contributed by atoms with E-state index in [0.29, 0.717) is 5.69 Å². The molecule has 0 spiro atoms. The molecule has 96 valence electrons. The molecule has 0 heterocycles. The Morgan fingerprint density at radius 2 is 1.95 bits per heavy atom. The molecule has 0 saturated heterocycles. The van der Waals surface area contributed by atoms with Crippen molar-refractivity contribution in [1.82, 2.24) is 0 Å². The first-order valence-electron chi connectivity index (χ1n) is 5.51. The van der Waals surface area contributed by atoms with E-state index >= 15 is 0 Å². The zero-order valence-corrected chi connectivity index (χ0v) is 11.4. The fourth-order valence-corrected chi connectivity index (χ4v) is 1.87. The van der Waals surface area contributed by atoms with Gasteiger partial charge in [0.1, 0.15) is 0 Å². The molecule has 0 aliphatic rings. The van der Waals surface area contributed by atoms with Gasteiger partial charge in [-0.3, -0.25) is 5.43 Å². The molecule has 0 bridgehead atoms. The van der Waals surface area contributed by atoms with Crippen molar-refractivity contribution < 1.29 is 9.90 Å². The molecule has 4 nitrogen and oxygen atoms in total. The number of aromatic carboxylic acids is 1. The molecule has 2 aromatic carbocycles. The van der Waals surface area contributed by atoms with Crippen LogP contribution in [0.4, 0.5) is 5.69 Å². The average Bonchev–Trinajstić information content (AvgIpc) is 2.39. The Labute approximate surface area is 118 Å². The quantitative estimate of drug-likeness (QED) is 0.695. The molecule has 0 radical (unpaired) electrons. The molecule has 2 rings (SSSR count). The number of carbonyl (C=O) groups is 1. The summed E-state index contributed by atoms with van der Waals surface area (Å²) >= 11 is 3.38. The number of nitrogens with zero attached hydrogens (tertiary/aromatic N) is 1. The summed E-state index contributed by atoms with van der Waals surface area (Å²) < 4.78 is 0.981. The number of rotatable bonds is 4. The molecule has 0 amide bonds. The van der Waals surface area contributed by atoms with E-state index in [1.807, 2.05) is 24.3 Å². The first kappa shape index (κ1) is 13.3. The number of carboxylic acid groups (broad SMARTS) is 1. The molecule has 2 aromatic rings. The van der Waals surface area contributed by atoms with Gasteiger partial charge >= 0.3 is 0 Å². The van der Waals surface area contributed by atoms with Gasteiger partial charge in [-0.15, -0.1) is 0 Å². The fourth-order valence-electron chi connectivity index (χ4n) is 1.45. The van der Waals surface area contributed by atoms with Crippen LogP contribution in [-0.4, -0.2) is 12.2 Å². The highest BCUT2D eigenvalue weighted by atomic mass is 79.9. The molecule has 0 aliphatic carbocycles. The van der Waals surface area contributed by atoms with Crippen molar-refractivity contribution >= 4 is 33.8 Å². The maximum absolute atomic E-state index is 10.6. The van der Waals surface area contributed by atoms with Crippen LogP contribution in [0.5, 0.6) is 0 Å². The number of anilines is 1. The van der Waals surface area contributed by atoms with Crippen LogP contribution in [-0.2, 0) is 0 Å². The van der Waals surface area contributed by atoms with E-state index < -0.39 is 5.97 Å². The fraction of sp³-hybridized carbons (Fsp3) is 0. The van der Waals surface area contributed by atoms with Crippen LogP contribution in [0.25, 0.3) is 0 Å². The summed E-state index contributed by atoms with van der Waals surface area (Å²) in [6, 6.07) is 13.9. The lowest BCUT2D eigenvalue weighted by Gasteiger charge is -2.04. The van der Waals surface area contributed by atoms with Gasteiger partial charge < -0.3 is 9.90 Å². The second kappa shape index (κ2) is 6.15. The second-order valence-corrected chi connectivity index (χ2v) is 4.71. The number of carbonyl (C=O) groups excluding carboxylic acids is 1. The topological polar surface area (TPSA) is 64.5 Å². The molecule has 0 unspecified atom stereocenters. The second-order valence-electron chi connectivity index (χ2n) is 3.79. The molecule has 0 atom stereocenters. The monoisotopic (exact) mass is 317 g/mol. The minimum Gasteiger partial charge on any atom is -0.545 e. The van der Waals surface area contributed by atoms with Gasteiger partial charge in [-0.25, -0.2) is 0 Å². The van der Waals surface area contributed by atoms with Gasteiger partial charge in [-0.2, -0.15) is 5.10 Å². The summed E-state index contributed by atoms with van der Waals surface area (Å²) in [5.41, 5.74) is 4.62. The van der Waals surface area contributed by atoms with E-state index in [4.69, 9.17) is 0 Å². The van der Waals surface area contributed by atoms with Crippen LogP contribution in [0, 0.1) is 0 Å². The van der Waals surface area contributed by atoms with Gasteiger partial charge in [0.05, 0.1) is 17.9 Å². The first-order chi connectivity index (χ1) is 9.15. The smallest absolute Gasteiger partial charge is 0.0715 e. The Balaban J connectivity index is 2.00. The molecule has 5 heteroatoms. The maximum atomic E-state index is 10.6. The summed E-state index contributed by atoms with van der Waals surface area (Å²) in [4.78, 5) is 10.6. The zero-order chi connectivity index (χ0) is 13.7.